The molecule has 0 unspecified atom stereocenters. The van der Waals surface area contributed by atoms with E-state index in [1.807, 2.05) is 0 Å². The topological polar surface area (TPSA) is 13.1 Å². The van der Waals surface area contributed by atoms with Crippen molar-refractivity contribution in [1.82, 2.24) is 0 Å². The molecule has 0 spiro atoms. The molecule has 0 N–H and O–H groups in total. The van der Waals surface area contributed by atoms with E-state index in [-0.39, 0.29) is 0 Å². The van der Waals surface area contributed by atoms with Crippen molar-refractivity contribution >= 4 is 454 Å². The second-order valence-corrected chi connectivity index (χ2v) is 25.5. The maximum Gasteiger partial charge on any atom is 0.143 e. The first-order chi connectivity index (χ1) is 36.8. The van der Waals surface area contributed by atoms with E-state index < -0.39 is 0 Å². The van der Waals surface area contributed by atoms with Gasteiger partial charge in [-0.25, -0.2) is 0 Å². The van der Waals surface area contributed by atoms with Gasteiger partial charge in [0.05, 0.1) is 0 Å². The molecule has 0 bridgehead atoms. The largest absolute Gasteiger partial charge is 0.456 e. The van der Waals surface area contributed by atoms with Crippen LogP contribution in [0.15, 0.2) is 4.42 Å². The third-order valence-corrected chi connectivity index (χ3v) is 22.9. The van der Waals surface area contributed by atoms with E-state index in [9.17, 15) is 0 Å². The highest BCUT2D eigenvalue weighted by molar-refractivity contribution is 6.77. The van der Waals surface area contributed by atoms with E-state index in [1.165, 1.54) is 251 Å². The Hall–Kier alpha value is -4.49. The average Bonchev–Trinajstić information content (AvgIpc) is 4.01. The van der Waals surface area contributed by atoms with Crippen molar-refractivity contribution in [3.05, 3.63) is 0 Å². The van der Waals surface area contributed by atoms with Gasteiger partial charge < -0.3 is 4.42 Å². The maximum absolute atomic E-state index is 7.41. The average molecular weight is 977 g/mol. The fraction of sp³-hybridized carbons (Fsp3) is 0. The molecule has 1 aromatic heterocycles. The third kappa shape index (κ3) is 7.52. The van der Waals surface area contributed by atoms with Gasteiger partial charge in [-0.3, -0.25) is 0 Å². The van der Waals surface area contributed by atoms with Crippen molar-refractivity contribution in [1.29, 1.82) is 0 Å². The Balaban J connectivity index is 1.41. The van der Waals surface area contributed by atoms with Gasteiger partial charge in [0.2, 0.25) is 0 Å². The molecule has 348 valence electrons. The van der Waals surface area contributed by atoms with E-state index in [0.717, 1.165) is 11.2 Å². The van der Waals surface area contributed by atoms with Gasteiger partial charge in [-0.15, -0.1) is 49.2 Å². The molecule has 0 fully saturated rings. The molecule has 0 saturated heterocycles. The van der Waals surface area contributed by atoms with E-state index in [2.05, 4.69) is 235 Å². The predicted octanol–water partition coefficient (Wildman–Crippen LogP) is -38.5. The second kappa shape index (κ2) is 19.6. The molecule has 10 aromatic rings. The highest BCUT2D eigenvalue weighted by atomic mass is 16.3. The van der Waals surface area contributed by atoms with Crippen LogP contribution >= 0.6 is 0 Å². The summed E-state index contributed by atoms with van der Waals surface area (Å²) in [5.74, 6) is 0. The van der Waals surface area contributed by atoms with Crippen molar-refractivity contribution in [2.75, 3.05) is 0 Å². The van der Waals surface area contributed by atoms with E-state index in [1.54, 1.807) is 0 Å². The normalized spacial score (nSPS) is 11.8. The molecule has 31 heteroatoms. The molecule has 0 saturated carbocycles. The zero-order valence-corrected chi connectivity index (χ0v) is 54.4. The molecule has 0 amide bonds. The van der Waals surface area contributed by atoms with Crippen LogP contribution < -0.4 is 164 Å². The number of hydrogen-bond donors (Lipinski definition) is 0. The first-order valence-electron chi connectivity index (χ1n) is 29.4. The lowest BCUT2D eigenvalue weighted by Crippen LogP contribution is -2.57. The molecule has 9 aromatic carbocycles. The minimum absolute atomic E-state index is 1.02. The molecule has 79 heavy (non-hydrogen) atoms. The Morgan fingerprint density at radius 3 is 0.620 bits per heavy atom. The zero-order valence-electron chi connectivity index (χ0n) is 54.4. The number of furan rings is 1. The summed E-state index contributed by atoms with van der Waals surface area (Å²) in [5, 5.41) is 10.8. The first-order valence-corrected chi connectivity index (χ1v) is 29.4. The van der Waals surface area contributed by atoms with Gasteiger partial charge >= 0.3 is 0 Å². The van der Waals surface area contributed by atoms with Crippen LogP contribution in [0, 0.1) is 0 Å². The summed E-state index contributed by atoms with van der Waals surface area (Å²) in [6.07, 6.45) is 0. The van der Waals surface area contributed by atoms with Crippen LogP contribution in [0.2, 0.25) is 0 Å². The summed E-state index contributed by atoms with van der Waals surface area (Å²) in [6, 6.07) is 0. The predicted molar refractivity (Wildman–Crippen MR) is 453 cm³/mol. The van der Waals surface area contributed by atoms with E-state index >= 15 is 0 Å². The van der Waals surface area contributed by atoms with Crippen molar-refractivity contribution < 1.29 is 4.42 Å². The van der Waals surface area contributed by atoms with Gasteiger partial charge in [0, 0.05) is 16.2 Å². The fourth-order valence-electron chi connectivity index (χ4n) is 15.7. The van der Waals surface area contributed by atoms with Crippen LogP contribution in [-0.4, -0.2) is 235 Å². The molecular weight excluding hydrogens is 917 g/mol. The standard InChI is InChI=1S/C48H60B30O/c49-17-3-1(9-22(54)26(58)11(27(59)23(9)55)7-8-15-34(66)30(62)14-16(35(67)43(75)40(72)33(14)65)47(15)79-48(8)46(78)44(76)21(7)53)4-6(20(52)39(71)37(69)18(4)50)2(5(3)19(51)38(70)36(17)68)10-24(56)28(60)12(29(61)25(10)57)13-31(63)41(73)45(77)42(74)32(13)64/h49-78H2. The Bertz CT molecular complexity index is 4430. The molecule has 0 aliphatic carbocycles. The van der Waals surface area contributed by atoms with Gasteiger partial charge in [0.15, 0.2) is 0 Å². The van der Waals surface area contributed by atoms with E-state index in [4.69, 9.17) is 4.42 Å². The SMILES string of the molecule is Bc1c(B)c(B)c(-c2c(B)c(B)c(-c3c4c(B)c(B)c(B)c(B)c4c(-c4c(B)c(B)c(-c5c(B)c(B)c(B)c6oc7c8c(B)c(B)c(B)c(B)c8c(B)c(B)c7c56)c(B)c4B)c4c(B)c(B)c(B)c(B)c34)c(B)c2B)c(B)c1B. The molecule has 1 nitrogen and oxygen atoms in total. The van der Waals surface area contributed by atoms with Crippen LogP contribution in [0.25, 0.3) is 98.8 Å². The lowest BCUT2D eigenvalue weighted by molar-refractivity contribution is 0.676. The monoisotopic (exact) mass is 983 g/mol. The zero-order chi connectivity index (χ0) is 58.4. The third-order valence-electron chi connectivity index (χ3n) is 22.9. The van der Waals surface area contributed by atoms with Gasteiger partial charge in [-0.2, -0.15) is 0 Å². The van der Waals surface area contributed by atoms with Crippen molar-refractivity contribution in [3.63, 3.8) is 0 Å². The summed E-state index contributed by atoms with van der Waals surface area (Å²) >= 11 is 0. The van der Waals surface area contributed by atoms with Gasteiger partial charge in [-0.05, 0) is 71.4 Å². The van der Waals surface area contributed by atoms with Crippen LogP contribution in [0.3, 0.4) is 0 Å². The molecular formula is C48H60B30O. The Morgan fingerprint density at radius 1 is 0.114 bits per heavy atom. The van der Waals surface area contributed by atoms with Gasteiger partial charge in [-0.1, -0.05) is 115 Å². The van der Waals surface area contributed by atoms with Gasteiger partial charge in [0.25, 0.3) is 0 Å². The Kier molecular flexibility index (Phi) is 14.3. The number of rotatable bonds is 4. The highest BCUT2D eigenvalue weighted by Gasteiger charge is 2.32. The summed E-state index contributed by atoms with van der Waals surface area (Å²) in [5.41, 5.74) is 54.2. The number of fused-ring (bicyclic) bond motifs is 7. The van der Waals surface area contributed by atoms with Crippen molar-refractivity contribution in [3.8, 4) is 44.5 Å². The quantitative estimate of drug-likeness (QED) is 0.127. The number of hydrogen-bond acceptors (Lipinski definition) is 1. The minimum atomic E-state index is 1.02. The van der Waals surface area contributed by atoms with Crippen molar-refractivity contribution in [2.45, 2.75) is 0 Å². The first kappa shape index (κ1) is 57.7. The summed E-state index contributed by atoms with van der Waals surface area (Å²) < 4.78 is 7.41. The summed E-state index contributed by atoms with van der Waals surface area (Å²) in [7, 11) is 71.1. The Morgan fingerprint density at radius 2 is 0.291 bits per heavy atom. The Labute approximate surface area is 498 Å². The molecule has 10 rings (SSSR count). The van der Waals surface area contributed by atoms with Crippen LogP contribution in [0.5, 0.6) is 0 Å². The van der Waals surface area contributed by atoms with E-state index in [0.29, 0.717) is 0 Å². The minimum Gasteiger partial charge on any atom is -0.456 e. The lowest BCUT2D eigenvalue weighted by atomic mass is 9.54. The number of benzene rings is 9. The molecule has 0 aliphatic rings. The molecule has 0 radical (unpaired) electrons. The summed E-state index contributed by atoms with van der Waals surface area (Å²) in [4.78, 5) is 0. The second-order valence-electron chi connectivity index (χ2n) is 25.5. The lowest BCUT2D eigenvalue weighted by Gasteiger charge is -2.33. The van der Waals surface area contributed by atoms with Crippen molar-refractivity contribution in [2.24, 2.45) is 0 Å². The van der Waals surface area contributed by atoms with Crippen LogP contribution in [-0.2, 0) is 0 Å². The van der Waals surface area contributed by atoms with Crippen LogP contribution in [0.4, 0.5) is 0 Å². The fourth-order valence-corrected chi connectivity index (χ4v) is 15.7. The smallest absolute Gasteiger partial charge is 0.143 e. The molecule has 1 heterocycles. The van der Waals surface area contributed by atoms with Crippen LogP contribution in [0.1, 0.15) is 0 Å². The molecule has 0 atom stereocenters. The maximum atomic E-state index is 7.41. The van der Waals surface area contributed by atoms with Gasteiger partial charge in [0.1, 0.15) is 247 Å². The molecule has 0 aliphatic heterocycles. The summed E-state index contributed by atoms with van der Waals surface area (Å²) in [6.45, 7) is 0. The highest BCUT2D eigenvalue weighted by Crippen LogP contribution is 2.40.